The highest BCUT2D eigenvalue weighted by Gasteiger charge is 2.14. The molecule has 1 N–H and O–H groups in total. The van der Waals surface area contributed by atoms with Gasteiger partial charge < -0.3 is 0 Å². The molecule has 0 aliphatic heterocycles. The van der Waals surface area contributed by atoms with Crippen molar-refractivity contribution in [1.29, 1.82) is 0 Å². The maximum absolute atomic E-state index is 12.7. The minimum absolute atomic E-state index is 0.159. The van der Waals surface area contributed by atoms with Gasteiger partial charge in [-0.1, -0.05) is 6.07 Å². The van der Waals surface area contributed by atoms with Gasteiger partial charge in [0, 0.05) is 9.75 Å². The third-order valence-corrected chi connectivity index (χ3v) is 5.73. The van der Waals surface area contributed by atoms with Gasteiger partial charge in [0.25, 0.3) is 11.1 Å². The number of nitrogens with one attached hydrogen (secondary N) is 1. The summed E-state index contributed by atoms with van der Waals surface area (Å²) in [7, 11) is 0. The average Bonchev–Trinajstić information content (AvgIpc) is 3.15. The SMILES string of the molecule is Cc1sc2nc3[nH]c(=O)c(/C=C/c4cccs4)nn3c(=O)c2c1C. The van der Waals surface area contributed by atoms with Crippen molar-refractivity contribution in [3.8, 4) is 0 Å². The van der Waals surface area contributed by atoms with Crippen LogP contribution in [0, 0.1) is 13.8 Å². The van der Waals surface area contributed by atoms with Gasteiger partial charge >= 0.3 is 0 Å². The second-order valence-corrected chi connectivity index (χ2v) is 7.49. The van der Waals surface area contributed by atoms with E-state index in [0.717, 1.165) is 19.8 Å². The van der Waals surface area contributed by atoms with Crippen LogP contribution >= 0.6 is 22.7 Å². The zero-order valence-electron chi connectivity index (χ0n) is 12.9. The van der Waals surface area contributed by atoms with E-state index in [-0.39, 0.29) is 22.6 Å². The summed E-state index contributed by atoms with van der Waals surface area (Å²) in [5.74, 6) is 0.159. The molecule has 0 aliphatic carbocycles. The Kier molecular flexibility index (Phi) is 3.43. The summed E-state index contributed by atoms with van der Waals surface area (Å²) in [5, 5.41) is 6.70. The van der Waals surface area contributed by atoms with Crippen LogP contribution in [0.5, 0.6) is 0 Å². The van der Waals surface area contributed by atoms with Crippen molar-refractivity contribution < 1.29 is 0 Å². The summed E-state index contributed by atoms with van der Waals surface area (Å²) in [6, 6.07) is 3.86. The summed E-state index contributed by atoms with van der Waals surface area (Å²) in [6.45, 7) is 3.84. The van der Waals surface area contributed by atoms with Gasteiger partial charge in [-0.25, -0.2) is 4.98 Å². The highest BCUT2D eigenvalue weighted by molar-refractivity contribution is 7.18. The van der Waals surface area contributed by atoms with Crippen LogP contribution in [0.4, 0.5) is 0 Å². The molecule has 4 heterocycles. The van der Waals surface area contributed by atoms with Crippen molar-refractivity contribution in [3.05, 3.63) is 59.2 Å². The first kappa shape index (κ1) is 15.0. The Balaban J connectivity index is 1.98. The van der Waals surface area contributed by atoms with Crippen LogP contribution in [-0.4, -0.2) is 19.6 Å². The lowest BCUT2D eigenvalue weighted by Crippen LogP contribution is -2.25. The van der Waals surface area contributed by atoms with Crippen molar-refractivity contribution in [3.63, 3.8) is 0 Å². The molecule has 0 bridgehead atoms. The molecule has 0 radical (unpaired) electrons. The molecule has 0 fully saturated rings. The molecule has 0 aromatic carbocycles. The quantitative estimate of drug-likeness (QED) is 0.599. The van der Waals surface area contributed by atoms with Gasteiger partial charge in [-0.2, -0.15) is 9.61 Å². The van der Waals surface area contributed by atoms with E-state index in [1.807, 2.05) is 31.4 Å². The lowest BCUT2D eigenvalue weighted by Gasteiger charge is -2.01. The molecule has 0 atom stereocenters. The normalized spacial score (nSPS) is 11.9. The van der Waals surface area contributed by atoms with Crippen molar-refractivity contribution in [2.45, 2.75) is 13.8 Å². The van der Waals surface area contributed by atoms with Crippen LogP contribution < -0.4 is 11.1 Å². The molecule has 0 aliphatic rings. The molecule has 4 rings (SSSR count). The zero-order chi connectivity index (χ0) is 16.8. The fourth-order valence-corrected chi connectivity index (χ4v) is 4.07. The van der Waals surface area contributed by atoms with Gasteiger partial charge in [-0.15, -0.1) is 22.7 Å². The van der Waals surface area contributed by atoms with Gasteiger partial charge in [0.2, 0.25) is 5.78 Å². The van der Waals surface area contributed by atoms with Gasteiger partial charge in [-0.3, -0.25) is 14.6 Å². The van der Waals surface area contributed by atoms with Crippen molar-refractivity contribution in [1.82, 2.24) is 19.6 Å². The number of fused-ring (bicyclic) bond motifs is 2. The smallest absolute Gasteiger partial charge is 0.284 e. The van der Waals surface area contributed by atoms with E-state index in [0.29, 0.717) is 10.2 Å². The highest BCUT2D eigenvalue weighted by Crippen LogP contribution is 2.25. The summed E-state index contributed by atoms with van der Waals surface area (Å²) in [4.78, 5) is 34.6. The van der Waals surface area contributed by atoms with Crippen LogP contribution in [-0.2, 0) is 0 Å². The molecular formula is C16H12N4O2S2. The van der Waals surface area contributed by atoms with Crippen molar-refractivity contribution in [2.75, 3.05) is 0 Å². The van der Waals surface area contributed by atoms with Crippen LogP contribution in [0.15, 0.2) is 27.1 Å². The Hall–Kier alpha value is -2.58. The topological polar surface area (TPSA) is 80.1 Å². The van der Waals surface area contributed by atoms with Gasteiger partial charge in [0.15, 0.2) is 0 Å². The molecular weight excluding hydrogens is 344 g/mol. The van der Waals surface area contributed by atoms with Gasteiger partial charge in [-0.05, 0) is 43.0 Å². The average molecular weight is 356 g/mol. The molecule has 0 spiro atoms. The number of rotatable bonds is 2. The first-order chi connectivity index (χ1) is 11.5. The van der Waals surface area contributed by atoms with Crippen LogP contribution in [0.1, 0.15) is 21.0 Å². The number of thiophene rings is 2. The van der Waals surface area contributed by atoms with Crippen LogP contribution in [0.3, 0.4) is 0 Å². The van der Waals surface area contributed by atoms with E-state index in [4.69, 9.17) is 0 Å². The minimum atomic E-state index is -0.376. The molecule has 0 saturated heterocycles. The second-order valence-electron chi connectivity index (χ2n) is 5.30. The van der Waals surface area contributed by atoms with Gasteiger partial charge in [0.1, 0.15) is 10.5 Å². The van der Waals surface area contributed by atoms with E-state index < -0.39 is 0 Å². The van der Waals surface area contributed by atoms with E-state index >= 15 is 0 Å². The van der Waals surface area contributed by atoms with Gasteiger partial charge in [0.05, 0.1) is 5.39 Å². The lowest BCUT2D eigenvalue weighted by atomic mass is 10.2. The number of hydrogen-bond acceptors (Lipinski definition) is 6. The first-order valence-corrected chi connectivity index (χ1v) is 8.89. The number of nitrogens with zero attached hydrogens (tertiary/aromatic N) is 3. The number of aryl methyl sites for hydroxylation is 2. The molecule has 8 heteroatoms. The Labute approximate surface area is 143 Å². The fraction of sp³-hybridized carbons (Fsp3) is 0.125. The summed E-state index contributed by atoms with van der Waals surface area (Å²) < 4.78 is 1.16. The molecule has 4 aromatic rings. The second kappa shape index (κ2) is 5.50. The Bertz CT molecular complexity index is 1210. The predicted octanol–water partition coefficient (Wildman–Crippen LogP) is 2.84. The summed E-state index contributed by atoms with van der Waals surface area (Å²) >= 11 is 2.99. The van der Waals surface area contributed by atoms with E-state index in [9.17, 15) is 9.59 Å². The molecule has 120 valence electrons. The maximum Gasteiger partial charge on any atom is 0.284 e. The number of aromatic nitrogens is 4. The van der Waals surface area contributed by atoms with Crippen LogP contribution in [0.25, 0.3) is 28.1 Å². The Morgan fingerprint density at radius 1 is 1.25 bits per heavy atom. The van der Waals surface area contributed by atoms with Crippen molar-refractivity contribution in [2.24, 2.45) is 0 Å². The third kappa shape index (κ3) is 2.31. The molecule has 0 saturated carbocycles. The Morgan fingerprint density at radius 3 is 2.83 bits per heavy atom. The summed E-state index contributed by atoms with van der Waals surface area (Å²) in [6.07, 6.45) is 3.40. The monoisotopic (exact) mass is 356 g/mol. The molecule has 4 aromatic heterocycles. The third-order valence-electron chi connectivity index (χ3n) is 3.80. The standard InChI is InChI=1S/C16H12N4O2S2/c1-8-9(2)24-14-12(8)15(22)20-16(18-14)17-13(21)11(19-20)6-5-10-4-3-7-23-10/h3-7H,1-2H3,(H,17,18,21)/b6-5+. The highest BCUT2D eigenvalue weighted by atomic mass is 32.1. The lowest BCUT2D eigenvalue weighted by molar-refractivity contribution is 0.831. The number of H-pyrrole nitrogens is 1. The predicted molar refractivity (Wildman–Crippen MR) is 98.0 cm³/mol. The molecule has 24 heavy (non-hydrogen) atoms. The largest absolute Gasteiger partial charge is 0.289 e. The first-order valence-electron chi connectivity index (χ1n) is 7.19. The maximum atomic E-state index is 12.7. The minimum Gasteiger partial charge on any atom is -0.289 e. The molecule has 6 nitrogen and oxygen atoms in total. The van der Waals surface area contributed by atoms with E-state index in [1.165, 1.54) is 11.3 Å². The summed E-state index contributed by atoms with van der Waals surface area (Å²) in [5.41, 5.74) is 0.437. The fourth-order valence-electron chi connectivity index (χ4n) is 2.43. The molecule has 0 amide bonds. The van der Waals surface area contributed by atoms with Crippen molar-refractivity contribution >= 4 is 50.8 Å². The van der Waals surface area contributed by atoms with E-state index in [2.05, 4.69) is 15.1 Å². The Morgan fingerprint density at radius 2 is 2.08 bits per heavy atom. The zero-order valence-corrected chi connectivity index (χ0v) is 14.5. The van der Waals surface area contributed by atoms with E-state index in [1.54, 1.807) is 23.5 Å². The number of aromatic amines is 1. The van der Waals surface area contributed by atoms with Crippen LogP contribution in [0.2, 0.25) is 0 Å². The molecule has 0 unspecified atom stereocenters. The number of hydrogen-bond donors (Lipinski definition) is 1.